The lowest BCUT2D eigenvalue weighted by Crippen LogP contribution is -2.17. The Labute approximate surface area is 180 Å². The highest BCUT2D eigenvalue weighted by Gasteiger charge is 2.17. The zero-order valence-corrected chi connectivity index (χ0v) is 17.8. The largest absolute Gasteiger partial charge is 0.372 e. The van der Waals surface area contributed by atoms with Crippen molar-refractivity contribution in [2.75, 3.05) is 18.0 Å². The molecule has 1 fully saturated rings. The fourth-order valence-electron chi connectivity index (χ4n) is 4.51. The van der Waals surface area contributed by atoms with E-state index in [1.165, 1.54) is 30.5 Å². The van der Waals surface area contributed by atoms with Crippen LogP contribution in [0.5, 0.6) is 0 Å². The van der Waals surface area contributed by atoms with Gasteiger partial charge in [0.1, 0.15) is 5.82 Å². The van der Waals surface area contributed by atoms with E-state index in [9.17, 15) is 9.18 Å². The monoisotopic (exact) mass is 431 g/mol. The van der Waals surface area contributed by atoms with E-state index in [1.54, 1.807) is 28.7 Å². The molecule has 0 amide bonds. The number of hydrogen-bond donors (Lipinski definition) is 0. The van der Waals surface area contributed by atoms with Crippen molar-refractivity contribution in [3.05, 3.63) is 75.3 Å². The molecule has 1 saturated heterocycles. The molecule has 1 aliphatic heterocycles. The zero-order valence-electron chi connectivity index (χ0n) is 16.2. The van der Waals surface area contributed by atoms with E-state index in [2.05, 4.69) is 39.9 Å². The van der Waals surface area contributed by atoms with Gasteiger partial charge in [0, 0.05) is 55.5 Å². The van der Waals surface area contributed by atoms with Crippen molar-refractivity contribution >= 4 is 60.0 Å². The zero-order chi connectivity index (χ0) is 20.2. The maximum atomic E-state index is 14.2. The average Bonchev–Trinajstić information content (AvgIpc) is 3.53. The minimum absolute atomic E-state index is 0.0338. The lowest BCUT2D eigenvalue weighted by atomic mass is 10.1. The molecule has 2 nitrogen and oxygen atoms in total. The molecule has 0 spiro atoms. The van der Waals surface area contributed by atoms with Gasteiger partial charge < -0.3 is 4.90 Å². The molecular formula is C25H18FNOS2. The van der Waals surface area contributed by atoms with Crippen molar-refractivity contribution in [1.82, 2.24) is 0 Å². The average molecular weight is 432 g/mol. The third-order valence-corrected chi connectivity index (χ3v) is 7.92. The highest BCUT2D eigenvalue weighted by atomic mass is 32.1. The molecular weight excluding hydrogens is 413 g/mol. The van der Waals surface area contributed by atoms with Gasteiger partial charge in [-0.3, -0.25) is 4.79 Å². The minimum atomic E-state index is -0.320. The molecule has 0 saturated carbocycles. The third kappa shape index (κ3) is 2.76. The van der Waals surface area contributed by atoms with E-state index in [4.69, 9.17) is 0 Å². The second kappa shape index (κ2) is 6.89. The SMILES string of the molecule is O=c1c2ccc(F)cc2c2cc(-c3ccsc3)sc2c2cc(N3CCCC3)ccc12. The first kappa shape index (κ1) is 18.0. The Kier molecular flexibility index (Phi) is 4.15. The van der Waals surface area contributed by atoms with Crippen LogP contribution in [0.1, 0.15) is 12.8 Å². The molecule has 0 N–H and O–H groups in total. The summed E-state index contributed by atoms with van der Waals surface area (Å²) in [6, 6.07) is 14.9. The van der Waals surface area contributed by atoms with Gasteiger partial charge in [0.2, 0.25) is 0 Å². The van der Waals surface area contributed by atoms with Crippen molar-refractivity contribution in [1.29, 1.82) is 0 Å². The fraction of sp³-hybridized carbons (Fsp3) is 0.160. The number of nitrogens with zero attached hydrogens (tertiary/aromatic N) is 1. The van der Waals surface area contributed by atoms with Gasteiger partial charge in [0.15, 0.2) is 5.43 Å². The highest BCUT2D eigenvalue weighted by molar-refractivity contribution is 7.23. The first-order valence-corrected chi connectivity index (χ1v) is 11.9. The smallest absolute Gasteiger partial charge is 0.194 e. The lowest BCUT2D eigenvalue weighted by Gasteiger charge is -2.17. The summed E-state index contributed by atoms with van der Waals surface area (Å²) in [4.78, 5) is 16.9. The Morgan fingerprint density at radius 1 is 0.833 bits per heavy atom. The Morgan fingerprint density at radius 3 is 2.40 bits per heavy atom. The van der Waals surface area contributed by atoms with Gasteiger partial charge >= 0.3 is 0 Å². The maximum Gasteiger partial charge on any atom is 0.194 e. The molecule has 0 bridgehead atoms. The third-order valence-electron chi connectivity index (χ3n) is 6.02. The van der Waals surface area contributed by atoms with E-state index in [0.29, 0.717) is 16.2 Å². The summed E-state index contributed by atoms with van der Waals surface area (Å²) in [6.45, 7) is 2.10. The Hall–Kier alpha value is -2.76. The van der Waals surface area contributed by atoms with Gasteiger partial charge in [-0.05, 0) is 77.5 Å². The predicted molar refractivity (Wildman–Crippen MR) is 128 cm³/mol. The molecule has 3 aromatic carbocycles. The molecule has 6 rings (SSSR count). The molecule has 5 aromatic rings. The quantitative estimate of drug-likeness (QED) is 0.299. The summed E-state index contributed by atoms with van der Waals surface area (Å²) in [5, 5.41) is 8.06. The molecule has 2 aromatic heterocycles. The molecule has 148 valence electrons. The second-order valence-electron chi connectivity index (χ2n) is 7.81. The van der Waals surface area contributed by atoms with Crippen molar-refractivity contribution in [2.24, 2.45) is 0 Å². The number of rotatable bonds is 2. The minimum Gasteiger partial charge on any atom is -0.372 e. The molecule has 0 atom stereocenters. The summed E-state index contributed by atoms with van der Waals surface area (Å²) in [6.07, 6.45) is 2.40. The van der Waals surface area contributed by atoms with Crippen LogP contribution in [-0.2, 0) is 0 Å². The van der Waals surface area contributed by atoms with Crippen LogP contribution in [0.15, 0.2) is 64.1 Å². The van der Waals surface area contributed by atoms with E-state index in [1.807, 2.05) is 6.07 Å². The van der Waals surface area contributed by atoms with Gasteiger partial charge in [0.25, 0.3) is 0 Å². The number of anilines is 1. The summed E-state index contributed by atoms with van der Waals surface area (Å²) in [5.74, 6) is -0.320. The van der Waals surface area contributed by atoms with Gasteiger partial charge in [0.05, 0.1) is 0 Å². The summed E-state index contributed by atoms with van der Waals surface area (Å²) in [5.41, 5.74) is 2.29. The highest BCUT2D eigenvalue weighted by Crippen LogP contribution is 2.41. The molecule has 0 aliphatic carbocycles. The molecule has 0 radical (unpaired) electrons. The van der Waals surface area contributed by atoms with Gasteiger partial charge in [-0.1, -0.05) is 0 Å². The van der Waals surface area contributed by atoms with E-state index in [0.717, 1.165) is 39.1 Å². The van der Waals surface area contributed by atoms with E-state index in [-0.39, 0.29) is 11.2 Å². The standard InChI is InChI=1S/C25H18FNOS2/c26-16-3-5-18-20(11-16)22-13-23(15-7-10-29-14-15)30-25(22)21-12-17(27-8-1-2-9-27)4-6-19(21)24(18)28/h3-7,10-14H,1-2,8-9H2. The molecule has 3 heterocycles. The first-order valence-electron chi connectivity index (χ1n) is 10.1. The number of thiophene rings is 2. The molecule has 30 heavy (non-hydrogen) atoms. The van der Waals surface area contributed by atoms with Crippen molar-refractivity contribution < 1.29 is 4.39 Å². The second-order valence-corrected chi connectivity index (χ2v) is 9.64. The summed E-state index contributed by atoms with van der Waals surface area (Å²) >= 11 is 3.35. The number of fused-ring (bicyclic) bond motifs is 5. The van der Waals surface area contributed by atoms with Crippen molar-refractivity contribution in [3.63, 3.8) is 0 Å². The molecule has 1 aliphatic rings. The summed E-state index contributed by atoms with van der Waals surface area (Å²) in [7, 11) is 0. The Morgan fingerprint density at radius 2 is 1.60 bits per heavy atom. The first-order chi connectivity index (χ1) is 14.7. The van der Waals surface area contributed by atoms with Crippen LogP contribution in [-0.4, -0.2) is 13.1 Å². The van der Waals surface area contributed by atoms with Crippen molar-refractivity contribution in [2.45, 2.75) is 12.8 Å². The lowest BCUT2D eigenvalue weighted by molar-refractivity contribution is 0.630. The Bertz CT molecular complexity index is 1480. The van der Waals surface area contributed by atoms with Crippen LogP contribution in [0, 0.1) is 5.82 Å². The van der Waals surface area contributed by atoms with Crippen LogP contribution in [0.25, 0.3) is 42.1 Å². The number of halogens is 1. The van der Waals surface area contributed by atoms with Crippen LogP contribution in [0.4, 0.5) is 10.1 Å². The van der Waals surface area contributed by atoms with Crippen LogP contribution < -0.4 is 10.3 Å². The van der Waals surface area contributed by atoms with Gasteiger partial charge in [-0.2, -0.15) is 11.3 Å². The topological polar surface area (TPSA) is 20.3 Å². The fourth-order valence-corrected chi connectivity index (χ4v) is 6.44. The van der Waals surface area contributed by atoms with E-state index >= 15 is 0 Å². The number of benzene rings is 2. The van der Waals surface area contributed by atoms with Crippen LogP contribution in [0.2, 0.25) is 0 Å². The van der Waals surface area contributed by atoms with Gasteiger partial charge in [-0.25, -0.2) is 4.39 Å². The van der Waals surface area contributed by atoms with Crippen LogP contribution >= 0.6 is 22.7 Å². The van der Waals surface area contributed by atoms with Gasteiger partial charge in [-0.15, -0.1) is 11.3 Å². The van der Waals surface area contributed by atoms with Crippen LogP contribution in [0.3, 0.4) is 0 Å². The predicted octanol–water partition coefficient (Wildman–Crippen LogP) is 7.04. The van der Waals surface area contributed by atoms with E-state index < -0.39 is 0 Å². The Balaban J connectivity index is 1.79. The number of hydrogen-bond acceptors (Lipinski definition) is 4. The molecule has 0 unspecified atom stereocenters. The van der Waals surface area contributed by atoms with Crippen molar-refractivity contribution in [3.8, 4) is 10.4 Å². The molecule has 5 heteroatoms. The maximum absolute atomic E-state index is 14.2. The summed E-state index contributed by atoms with van der Waals surface area (Å²) < 4.78 is 15.3. The normalized spacial score (nSPS) is 14.4.